The summed E-state index contributed by atoms with van der Waals surface area (Å²) < 4.78 is 0. The van der Waals surface area contributed by atoms with Gasteiger partial charge in [-0.1, -0.05) is 25.4 Å². The van der Waals surface area contributed by atoms with Gasteiger partial charge in [-0.15, -0.1) is 23.2 Å². The summed E-state index contributed by atoms with van der Waals surface area (Å²) in [5.74, 6) is 0.360. The fraction of sp³-hybridized carbons (Fsp3) is 0.800. The van der Waals surface area contributed by atoms with E-state index in [0.717, 1.165) is 5.03 Å². The maximum absolute atomic E-state index is 6.44. The molecular weight excluding hydrogens is 226 g/mol. The molecule has 1 aliphatic rings. The molecule has 0 aromatic rings. The summed E-state index contributed by atoms with van der Waals surface area (Å²) in [4.78, 5) is -0.789. The average Bonchev–Trinajstić information content (AvgIpc) is 1.98. The second kappa shape index (κ2) is 3.32. The Morgan fingerprint density at radius 1 is 1.23 bits per heavy atom. The van der Waals surface area contributed by atoms with E-state index in [4.69, 9.17) is 34.8 Å². The maximum Gasteiger partial charge on any atom is 0.0654 e. The summed E-state index contributed by atoms with van der Waals surface area (Å²) in [5, 5.41) is 0.771. The molecule has 1 aliphatic carbocycles. The summed E-state index contributed by atoms with van der Waals surface area (Å²) >= 11 is 18.9. The Bertz CT molecular complexity index is 241. The molecule has 0 bridgehead atoms. The summed E-state index contributed by atoms with van der Waals surface area (Å²) in [6.45, 7) is 8.05. The first kappa shape index (κ1) is 11.7. The van der Waals surface area contributed by atoms with Gasteiger partial charge in [0.2, 0.25) is 0 Å². The first-order chi connectivity index (χ1) is 5.69. The zero-order chi connectivity index (χ0) is 10.4. The lowest BCUT2D eigenvalue weighted by Gasteiger charge is -2.45. The number of halogens is 3. The third-order valence-electron chi connectivity index (χ3n) is 3.37. The van der Waals surface area contributed by atoms with Crippen LogP contribution in [0.4, 0.5) is 0 Å². The molecule has 0 heterocycles. The van der Waals surface area contributed by atoms with Crippen LogP contribution in [0, 0.1) is 11.8 Å². The van der Waals surface area contributed by atoms with Crippen molar-refractivity contribution in [1.82, 2.24) is 0 Å². The molecule has 0 aliphatic heterocycles. The summed E-state index contributed by atoms with van der Waals surface area (Å²) in [6.07, 6.45) is 1.91. The molecule has 0 aromatic carbocycles. The molecule has 13 heavy (non-hydrogen) atoms. The van der Waals surface area contributed by atoms with Crippen LogP contribution in [0.3, 0.4) is 0 Å². The third kappa shape index (κ3) is 1.86. The van der Waals surface area contributed by atoms with E-state index in [-0.39, 0.29) is 16.7 Å². The predicted molar refractivity (Wildman–Crippen MR) is 60.8 cm³/mol. The van der Waals surface area contributed by atoms with Crippen molar-refractivity contribution in [1.29, 1.82) is 0 Å². The van der Waals surface area contributed by atoms with E-state index in [1.165, 1.54) is 0 Å². The van der Waals surface area contributed by atoms with Crippen molar-refractivity contribution >= 4 is 34.8 Å². The first-order valence-corrected chi connectivity index (χ1v) is 5.59. The minimum absolute atomic E-state index is 0.164. The van der Waals surface area contributed by atoms with Gasteiger partial charge in [0.05, 0.1) is 9.75 Å². The number of hydrogen-bond donors (Lipinski definition) is 0. The second-order valence-corrected chi connectivity index (χ2v) is 6.34. The Kier molecular flexibility index (Phi) is 2.99. The second-order valence-electron chi connectivity index (χ2n) is 4.28. The van der Waals surface area contributed by atoms with Crippen LogP contribution in [0.1, 0.15) is 27.7 Å². The molecular formula is C10H15Cl3. The van der Waals surface area contributed by atoms with Crippen LogP contribution in [-0.2, 0) is 0 Å². The molecule has 3 heteroatoms. The van der Waals surface area contributed by atoms with Gasteiger partial charge in [-0.05, 0) is 25.8 Å². The van der Waals surface area contributed by atoms with Crippen molar-refractivity contribution in [3.05, 3.63) is 11.1 Å². The lowest BCUT2D eigenvalue weighted by Crippen LogP contribution is -2.47. The molecule has 0 saturated carbocycles. The van der Waals surface area contributed by atoms with E-state index in [9.17, 15) is 0 Å². The van der Waals surface area contributed by atoms with Gasteiger partial charge in [-0.2, -0.15) is 0 Å². The van der Waals surface area contributed by atoms with Crippen molar-refractivity contribution in [2.75, 3.05) is 0 Å². The average molecular weight is 242 g/mol. The van der Waals surface area contributed by atoms with Crippen LogP contribution in [0.25, 0.3) is 0 Å². The smallest absolute Gasteiger partial charge is 0.0654 e. The van der Waals surface area contributed by atoms with Gasteiger partial charge in [0, 0.05) is 11.0 Å². The van der Waals surface area contributed by atoms with Gasteiger partial charge in [0.15, 0.2) is 0 Å². The Hall–Kier alpha value is 0.610. The van der Waals surface area contributed by atoms with Crippen molar-refractivity contribution in [3.8, 4) is 0 Å². The number of rotatable bonds is 0. The van der Waals surface area contributed by atoms with Crippen LogP contribution in [0.2, 0.25) is 0 Å². The van der Waals surface area contributed by atoms with Crippen molar-refractivity contribution in [2.45, 2.75) is 37.4 Å². The van der Waals surface area contributed by atoms with Crippen LogP contribution >= 0.6 is 34.8 Å². The van der Waals surface area contributed by atoms with E-state index >= 15 is 0 Å². The Balaban J connectivity index is 3.16. The monoisotopic (exact) mass is 240 g/mol. The van der Waals surface area contributed by atoms with Crippen LogP contribution < -0.4 is 0 Å². The van der Waals surface area contributed by atoms with E-state index in [1.54, 1.807) is 0 Å². The first-order valence-electron chi connectivity index (χ1n) is 4.45. The molecule has 1 rings (SSSR count). The number of allylic oxidation sites excluding steroid dienone is 2. The predicted octanol–water partition coefficient (Wildman–Crippen LogP) is 4.39. The van der Waals surface area contributed by atoms with E-state index in [2.05, 4.69) is 6.92 Å². The third-order valence-corrected chi connectivity index (χ3v) is 4.90. The Morgan fingerprint density at radius 2 is 1.69 bits per heavy atom. The van der Waals surface area contributed by atoms with Gasteiger partial charge in [-0.25, -0.2) is 0 Å². The number of alkyl halides is 2. The van der Waals surface area contributed by atoms with E-state index in [1.807, 2.05) is 26.8 Å². The number of hydrogen-bond acceptors (Lipinski definition) is 0. The van der Waals surface area contributed by atoms with E-state index < -0.39 is 4.87 Å². The van der Waals surface area contributed by atoms with Gasteiger partial charge >= 0.3 is 0 Å². The van der Waals surface area contributed by atoms with Gasteiger partial charge < -0.3 is 0 Å². The van der Waals surface area contributed by atoms with Crippen molar-refractivity contribution in [3.63, 3.8) is 0 Å². The SMILES string of the molecule is CC1C(Cl)=C[C@](C)(Cl)C(C)C1(C)Cl. The van der Waals surface area contributed by atoms with Gasteiger partial charge in [0.1, 0.15) is 0 Å². The molecule has 0 amide bonds. The highest BCUT2D eigenvalue weighted by Crippen LogP contribution is 2.50. The lowest BCUT2D eigenvalue weighted by atomic mass is 9.72. The topological polar surface area (TPSA) is 0 Å². The summed E-state index contributed by atoms with van der Waals surface area (Å²) in [7, 11) is 0. The minimum atomic E-state index is -0.430. The molecule has 0 spiro atoms. The highest BCUT2D eigenvalue weighted by Gasteiger charge is 2.48. The van der Waals surface area contributed by atoms with Crippen molar-refractivity contribution in [2.24, 2.45) is 11.8 Å². The largest absolute Gasteiger partial charge is 0.119 e. The van der Waals surface area contributed by atoms with Gasteiger partial charge in [0.25, 0.3) is 0 Å². The Labute approximate surface area is 95.2 Å². The maximum atomic E-state index is 6.44. The Morgan fingerprint density at radius 3 is 2.15 bits per heavy atom. The highest BCUT2D eigenvalue weighted by atomic mass is 35.5. The fourth-order valence-electron chi connectivity index (χ4n) is 1.72. The normalized spacial score (nSPS) is 51.8. The van der Waals surface area contributed by atoms with Crippen molar-refractivity contribution < 1.29 is 0 Å². The van der Waals surface area contributed by atoms with Crippen LogP contribution in [-0.4, -0.2) is 9.75 Å². The quantitative estimate of drug-likeness (QED) is 0.552. The molecule has 0 saturated heterocycles. The van der Waals surface area contributed by atoms with Crippen LogP contribution in [0.5, 0.6) is 0 Å². The molecule has 0 fully saturated rings. The molecule has 4 atom stereocenters. The molecule has 0 nitrogen and oxygen atoms in total. The lowest BCUT2D eigenvalue weighted by molar-refractivity contribution is 0.292. The minimum Gasteiger partial charge on any atom is -0.119 e. The zero-order valence-electron chi connectivity index (χ0n) is 8.37. The molecule has 0 aromatic heterocycles. The fourth-order valence-corrected chi connectivity index (χ4v) is 3.03. The van der Waals surface area contributed by atoms with E-state index in [0.29, 0.717) is 0 Å². The summed E-state index contributed by atoms with van der Waals surface area (Å²) in [5.41, 5.74) is 0. The van der Waals surface area contributed by atoms with Gasteiger partial charge in [-0.3, -0.25) is 0 Å². The molecule has 76 valence electrons. The molecule has 0 radical (unpaired) electrons. The zero-order valence-corrected chi connectivity index (χ0v) is 10.6. The molecule has 0 N–H and O–H groups in total. The highest BCUT2D eigenvalue weighted by molar-refractivity contribution is 6.34. The molecule has 3 unspecified atom stereocenters. The summed E-state index contributed by atoms with van der Waals surface area (Å²) in [6, 6.07) is 0. The standard InChI is InChI=1S/C10H15Cl3/c1-6-8(11)5-9(3,12)7(2)10(6,4)13/h5-7H,1-4H3/t6?,7?,9-,10?/m0/s1. The van der Waals surface area contributed by atoms with Crippen LogP contribution in [0.15, 0.2) is 11.1 Å².